The van der Waals surface area contributed by atoms with Crippen LogP contribution in [0.15, 0.2) is 12.1 Å². The molecular formula is C13H14FN3O2S. The minimum absolute atomic E-state index is 0.0345. The van der Waals surface area contributed by atoms with E-state index >= 15 is 0 Å². The lowest BCUT2D eigenvalue weighted by molar-refractivity contribution is 0.0867. The number of benzene rings is 1. The first-order valence-electron chi connectivity index (χ1n) is 6.38. The molecule has 0 spiro atoms. The molecule has 0 radical (unpaired) electrons. The van der Waals surface area contributed by atoms with E-state index in [4.69, 9.17) is 17.0 Å². The van der Waals surface area contributed by atoms with Gasteiger partial charge in [0.25, 0.3) is 5.91 Å². The van der Waals surface area contributed by atoms with Crippen molar-refractivity contribution in [2.24, 2.45) is 0 Å². The average Bonchev–Trinajstić information content (AvgIpc) is 2.94. The Labute approximate surface area is 119 Å². The second-order valence-electron chi connectivity index (χ2n) is 4.90. The molecule has 5 nitrogen and oxygen atoms in total. The molecule has 1 aromatic carbocycles. The highest BCUT2D eigenvalue weighted by molar-refractivity contribution is 7.71. The van der Waals surface area contributed by atoms with Gasteiger partial charge in [0, 0.05) is 6.61 Å². The van der Waals surface area contributed by atoms with Crippen LogP contribution in [-0.4, -0.2) is 34.6 Å². The zero-order valence-corrected chi connectivity index (χ0v) is 11.6. The number of hydrogen-bond donors (Lipinski definition) is 3. The minimum atomic E-state index is -0.483. The summed E-state index contributed by atoms with van der Waals surface area (Å²) in [6.07, 6.45) is 0.724. The molecule has 1 aliphatic heterocycles. The van der Waals surface area contributed by atoms with Crippen LogP contribution in [0.4, 0.5) is 4.39 Å². The van der Waals surface area contributed by atoms with Gasteiger partial charge in [0.2, 0.25) is 0 Å². The second-order valence-corrected chi connectivity index (χ2v) is 5.31. The normalized spacial score (nSPS) is 22.3. The van der Waals surface area contributed by atoms with Gasteiger partial charge in [0.1, 0.15) is 5.82 Å². The van der Waals surface area contributed by atoms with Crippen LogP contribution in [0, 0.1) is 10.6 Å². The average molecular weight is 295 g/mol. The number of carbonyl (C=O) groups excluding carboxylic acids is 1. The van der Waals surface area contributed by atoms with Gasteiger partial charge < -0.3 is 20.0 Å². The number of aromatic amines is 2. The standard InChI is InChI=1S/C13H14FN3O2S/c1-6-9(2-3-19-6)15-12(18)8-4-7(14)5-10-11(8)17-13(20)16-10/h4-6,9H,2-3H2,1H3,(H,15,18)(H2,16,17,20)/t6-,9+/m1/s1. The summed E-state index contributed by atoms with van der Waals surface area (Å²) in [6.45, 7) is 2.53. The summed E-state index contributed by atoms with van der Waals surface area (Å²) in [7, 11) is 0. The van der Waals surface area contributed by atoms with Gasteiger partial charge in [-0.3, -0.25) is 4.79 Å². The number of amides is 1. The summed E-state index contributed by atoms with van der Waals surface area (Å²) in [5.74, 6) is -0.814. The summed E-state index contributed by atoms with van der Waals surface area (Å²) in [5, 5.41) is 2.88. The molecule has 2 heterocycles. The number of aromatic nitrogens is 2. The fourth-order valence-electron chi connectivity index (χ4n) is 2.45. The number of fused-ring (bicyclic) bond motifs is 1. The van der Waals surface area contributed by atoms with Crippen LogP contribution in [0.3, 0.4) is 0 Å². The Morgan fingerprint density at radius 1 is 1.50 bits per heavy atom. The topological polar surface area (TPSA) is 69.9 Å². The van der Waals surface area contributed by atoms with Crippen LogP contribution in [0.1, 0.15) is 23.7 Å². The van der Waals surface area contributed by atoms with Crippen molar-refractivity contribution in [1.29, 1.82) is 0 Å². The Hall–Kier alpha value is -1.73. The summed E-state index contributed by atoms with van der Waals surface area (Å²) < 4.78 is 19.3. The fraction of sp³-hybridized carbons (Fsp3) is 0.385. The molecule has 0 saturated carbocycles. The van der Waals surface area contributed by atoms with E-state index in [-0.39, 0.29) is 23.6 Å². The molecule has 2 aromatic rings. The lowest BCUT2D eigenvalue weighted by atomic mass is 10.1. The summed E-state index contributed by atoms with van der Waals surface area (Å²) >= 11 is 4.98. The SMILES string of the molecule is C[C@H]1OCC[C@@H]1NC(=O)c1cc(F)cc2[nH]c(=S)[nH]c12. The quantitative estimate of drug-likeness (QED) is 0.744. The van der Waals surface area contributed by atoms with Gasteiger partial charge in [0.05, 0.1) is 28.7 Å². The van der Waals surface area contributed by atoms with Crippen molar-refractivity contribution in [1.82, 2.24) is 15.3 Å². The summed E-state index contributed by atoms with van der Waals surface area (Å²) in [4.78, 5) is 18.0. The third kappa shape index (κ3) is 2.34. The third-order valence-corrected chi connectivity index (χ3v) is 3.73. The van der Waals surface area contributed by atoms with E-state index in [1.165, 1.54) is 12.1 Å². The third-order valence-electron chi connectivity index (χ3n) is 3.53. The van der Waals surface area contributed by atoms with E-state index in [0.29, 0.717) is 22.4 Å². The first-order chi connectivity index (χ1) is 9.54. The van der Waals surface area contributed by atoms with Gasteiger partial charge in [-0.05, 0) is 37.7 Å². The van der Waals surface area contributed by atoms with Gasteiger partial charge >= 0.3 is 0 Å². The van der Waals surface area contributed by atoms with Crippen molar-refractivity contribution < 1.29 is 13.9 Å². The molecule has 3 N–H and O–H groups in total. The largest absolute Gasteiger partial charge is 0.376 e. The molecule has 0 bridgehead atoms. The molecule has 20 heavy (non-hydrogen) atoms. The van der Waals surface area contributed by atoms with Crippen molar-refractivity contribution in [3.05, 3.63) is 28.3 Å². The van der Waals surface area contributed by atoms with Crippen molar-refractivity contribution in [2.75, 3.05) is 6.61 Å². The molecule has 106 valence electrons. The predicted octanol–water partition coefficient (Wildman–Crippen LogP) is 2.27. The van der Waals surface area contributed by atoms with Gasteiger partial charge in [-0.1, -0.05) is 0 Å². The monoisotopic (exact) mass is 295 g/mol. The molecule has 0 aliphatic carbocycles. The summed E-state index contributed by atoms with van der Waals surface area (Å²) in [5.41, 5.74) is 1.24. The first kappa shape index (κ1) is 13.3. The van der Waals surface area contributed by atoms with E-state index in [9.17, 15) is 9.18 Å². The number of halogens is 1. The van der Waals surface area contributed by atoms with Crippen LogP contribution in [0.5, 0.6) is 0 Å². The number of hydrogen-bond acceptors (Lipinski definition) is 3. The Morgan fingerprint density at radius 2 is 2.30 bits per heavy atom. The highest BCUT2D eigenvalue weighted by Gasteiger charge is 2.27. The molecule has 2 atom stereocenters. The zero-order valence-electron chi connectivity index (χ0n) is 10.8. The molecule has 1 saturated heterocycles. The molecular weight excluding hydrogens is 281 g/mol. The number of nitrogens with one attached hydrogen (secondary N) is 3. The molecule has 1 amide bonds. The van der Waals surface area contributed by atoms with Gasteiger partial charge in [-0.25, -0.2) is 4.39 Å². The molecule has 1 aromatic heterocycles. The van der Waals surface area contributed by atoms with Crippen LogP contribution in [0.2, 0.25) is 0 Å². The maximum atomic E-state index is 13.6. The van der Waals surface area contributed by atoms with Gasteiger partial charge in [0.15, 0.2) is 4.77 Å². The van der Waals surface area contributed by atoms with Crippen LogP contribution in [-0.2, 0) is 4.74 Å². The van der Waals surface area contributed by atoms with E-state index in [0.717, 1.165) is 6.42 Å². The van der Waals surface area contributed by atoms with Crippen molar-refractivity contribution in [2.45, 2.75) is 25.5 Å². The highest BCUT2D eigenvalue weighted by Crippen LogP contribution is 2.19. The first-order valence-corrected chi connectivity index (χ1v) is 6.79. The van der Waals surface area contributed by atoms with Crippen LogP contribution in [0.25, 0.3) is 11.0 Å². The van der Waals surface area contributed by atoms with E-state index in [1.54, 1.807) is 0 Å². The zero-order chi connectivity index (χ0) is 14.3. The van der Waals surface area contributed by atoms with Crippen LogP contribution >= 0.6 is 12.2 Å². The molecule has 1 fully saturated rings. The molecule has 0 unspecified atom stereocenters. The molecule has 3 rings (SSSR count). The van der Waals surface area contributed by atoms with Gasteiger partial charge in [-0.2, -0.15) is 0 Å². The maximum Gasteiger partial charge on any atom is 0.253 e. The van der Waals surface area contributed by atoms with E-state index < -0.39 is 5.82 Å². The maximum absolute atomic E-state index is 13.6. The molecule has 1 aliphatic rings. The minimum Gasteiger partial charge on any atom is -0.376 e. The number of carbonyl (C=O) groups is 1. The van der Waals surface area contributed by atoms with Crippen molar-refractivity contribution >= 4 is 29.2 Å². The number of rotatable bonds is 2. The van der Waals surface area contributed by atoms with E-state index in [2.05, 4.69) is 15.3 Å². The number of H-pyrrole nitrogens is 2. The Bertz CT molecular complexity index is 724. The van der Waals surface area contributed by atoms with Crippen molar-refractivity contribution in [3.8, 4) is 0 Å². The lowest BCUT2D eigenvalue weighted by Crippen LogP contribution is -2.39. The molecule has 7 heteroatoms. The lowest BCUT2D eigenvalue weighted by Gasteiger charge is -2.16. The van der Waals surface area contributed by atoms with Gasteiger partial charge in [-0.15, -0.1) is 0 Å². The predicted molar refractivity (Wildman–Crippen MR) is 74.7 cm³/mol. The smallest absolute Gasteiger partial charge is 0.253 e. The highest BCUT2D eigenvalue weighted by atomic mass is 32.1. The fourth-order valence-corrected chi connectivity index (χ4v) is 2.67. The van der Waals surface area contributed by atoms with Crippen LogP contribution < -0.4 is 5.32 Å². The Morgan fingerprint density at radius 3 is 3.00 bits per heavy atom. The van der Waals surface area contributed by atoms with E-state index in [1.807, 2.05) is 6.92 Å². The Kier molecular flexibility index (Phi) is 3.31. The summed E-state index contributed by atoms with van der Waals surface area (Å²) in [6, 6.07) is 2.46. The number of imidazole rings is 1. The van der Waals surface area contributed by atoms with Crippen molar-refractivity contribution in [3.63, 3.8) is 0 Å². The Balaban J connectivity index is 1.96. The number of ether oxygens (including phenoxy) is 1. The second kappa shape index (κ2) is 4.99.